The van der Waals surface area contributed by atoms with Gasteiger partial charge in [0.15, 0.2) is 0 Å². The summed E-state index contributed by atoms with van der Waals surface area (Å²) in [7, 11) is 0. The van der Waals surface area contributed by atoms with E-state index in [9.17, 15) is 9.18 Å². The molecule has 102 valence electrons. The molecule has 5 nitrogen and oxygen atoms in total. The summed E-state index contributed by atoms with van der Waals surface area (Å²) in [6.07, 6.45) is 0.723. The summed E-state index contributed by atoms with van der Waals surface area (Å²) in [4.78, 5) is 11.2. The Morgan fingerprint density at radius 1 is 1.58 bits per heavy atom. The lowest BCUT2D eigenvalue weighted by Gasteiger charge is -2.08. The van der Waals surface area contributed by atoms with E-state index in [1.54, 1.807) is 13.0 Å². The van der Waals surface area contributed by atoms with Crippen molar-refractivity contribution in [1.82, 2.24) is 5.43 Å². The molecule has 1 amide bonds. The molecule has 0 saturated heterocycles. The third-order valence-electron chi connectivity index (χ3n) is 2.63. The maximum Gasteiger partial charge on any atom is 0.427 e. The van der Waals surface area contributed by atoms with Crippen LogP contribution in [-0.2, 0) is 4.74 Å². The molecule has 0 atom stereocenters. The molecule has 1 aromatic rings. The molecule has 1 aliphatic rings. The zero-order chi connectivity index (χ0) is 13.7. The highest BCUT2D eigenvalue weighted by Gasteiger charge is 2.16. The molecule has 1 aliphatic heterocycles. The van der Waals surface area contributed by atoms with Crippen molar-refractivity contribution >= 4 is 11.8 Å². The lowest BCUT2D eigenvalue weighted by molar-refractivity contribution is 0.152. The number of nitrogens with one attached hydrogen (secondary N) is 1. The van der Waals surface area contributed by atoms with E-state index in [0.717, 1.165) is 6.42 Å². The Hall–Kier alpha value is -2.11. The molecule has 0 bridgehead atoms. The smallest absolute Gasteiger partial charge is 0.427 e. The summed E-state index contributed by atoms with van der Waals surface area (Å²) in [5.74, 6) is 0.205. The molecule has 1 aromatic carbocycles. The Bertz CT molecular complexity index is 503. The van der Waals surface area contributed by atoms with Gasteiger partial charge in [0.1, 0.15) is 11.6 Å². The van der Waals surface area contributed by atoms with Gasteiger partial charge in [0.05, 0.1) is 18.9 Å². The highest BCUT2D eigenvalue weighted by molar-refractivity contribution is 6.03. The fourth-order valence-corrected chi connectivity index (χ4v) is 1.80. The molecule has 0 saturated carbocycles. The highest BCUT2D eigenvalue weighted by Crippen LogP contribution is 2.25. The van der Waals surface area contributed by atoms with Crippen LogP contribution >= 0.6 is 0 Å². The van der Waals surface area contributed by atoms with Gasteiger partial charge < -0.3 is 9.47 Å². The van der Waals surface area contributed by atoms with Crippen LogP contribution < -0.4 is 10.2 Å². The Morgan fingerprint density at radius 2 is 2.42 bits per heavy atom. The van der Waals surface area contributed by atoms with E-state index in [4.69, 9.17) is 9.47 Å². The summed E-state index contributed by atoms with van der Waals surface area (Å²) in [6.45, 7) is 2.51. The Kier molecular flexibility index (Phi) is 4.33. The molecule has 19 heavy (non-hydrogen) atoms. The van der Waals surface area contributed by atoms with Gasteiger partial charge in [0.25, 0.3) is 0 Å². The third-order valence-corrected chi connectivity index (χ3v) is 2.63. The number of hydrogen-bond acceptors (Lipinski definition) is 4. The number of ether oxygens (including phenoxy) is 2. The van der Waals surface area contributed by atoms with Crippen LogP contribution in [0.2, 0.25) is 0 Å². The Morgan fingerprint density at radius 3 is 3.21 bits per heavy atom. The summed E-state index contributed by atoms with van der Waals surface area (Å²) in [6, 6.07) is 4.25. The van der Waals surface area contributed by atoms with Gasteiger partial charge in [0.2, 0.25) is 0 Å². The summed E-state index contributed by atoms with van der Waals surface area (Å²) >= 11 is 0. The number of amides is 1. The standard InChI is InChI=1S/C13H15FN2O3/c1-2-18-13(17)16-15-11-4-3-7-19-12-6-5-9(14)8-10(11)12/h5-6,8H,2-4,7H2,1H3,(H,16,17). The molecule has 0 aliphatic carbocycles. The van der Waals surface area contributed by atoms with E-state index >= 15 is 0 Å². The number of carbonyl (C=O) groups excluding carboxylic acids is 1. The minimum Gasteiger partial charge on any atom is -0.493 e. The lowest BCUT2D eigenvalue weighted by atomic mass is 10.1. The fraction of sp³-hybridized carbons (Fsp3) is 0.385. The molecule has 0 fully saturated rings. The summed E-state index contributed by atoms with van der Waals surface area (Å²) in [5.41, 5.74) is 3.44. The van der Waals surface area contributed by atoms with E-state index in [1.165, 1.54) is 12.1 Å². The first-order chi connectivity index (χ1) is 9.20. The van der Waals surface area contributed by atoms with Crippen LogP contribution in [0, 0.1) is 5.82 Å². The predicted molar refractivity (Wildman–Crippen MR) is 67.8 cm³/mol. The number of nitrogens with zero attached hydrogens (tertiary/aromatic N) is 1. The molecule has 0 unspecified atom stereocenters. The van der Waals surface area contributed by atoms with Crippen LogP contribution in [-0.4, -0.2) is 25.0 Å². The molecular weight excluding hydrogens is 251 g/mol. The fourth-order valence-electron chi connectivity index (χ4n) is 1.80. The average molecular weight is 266 g/mol. The van der Waals surface area contributed by atoms with Crippen molar-refractivity contribution in [3.8, 4) is 5.75 Å². The molecule has 6 heteroatoms. The zero-order valence-electron chi connectivity index (χ0n) is 10.6. The normalized spacial score (nSPS) is 16.2. The maximum absolute atomic E-state index is 13.3. The second kappa shape index (κ2) is 6.17. The van der Waals surface area contributed by atoms with Gasteiger partial charge in [0, 0.05) is 5.56 Å². The minimum absolute atomic E-state index is 0.269. The topological polar surface area (TPSA) is 59.9 Å². The molecule has 2 rings (SSSR count). The molecule has 1 heterocycles. The van der Waals surface area contributed by atoms with Crippen molar-refractivity contribution in [1.29, 1.82) is 0 Å². The van der Waals surface area contributed by atoms with E-state index in [1.807, 2.05) is 0 Å². The molecular formula is C13H15FN2O3. The monoisotopic (exact) mass is 266 g/mol. The van der Waals surface area contributed by atoms with Crippen LogP contribution in [0.25, 0.3) is 0 Å². The van der Waals surface area contributed by atoms with Gasteiger partial charge in [-0.15, -0.1) is 0 Å². The van der Waals surface area contributed by atoms with Gasteiger partial charge >= 0.3 is 6.09 Å². The lowest BCUT2D eigenvalue weighted by Crippen LogP contribution is -2.21. The molecule has 0 aromatic heterocycles. The van der Waals surface area contributed by atoms with Crippen molar-refractivity contribution < 1.29 is 18.7 Å². The Balaban J connectivity index is 2.23. The number of rotatable bonds is 2. The van der Waals surface area contributed by atoms with Crippen LogP contribution in [0.4, 0.5) is 9.18 Å². The van der Waals surface area contributed by atoms with Crippen LogP contribution in [0.1, 0.15) is 25.3 Å². The van der Waals surface area contributed by atoms with Gasteiger partial charge in [-0.2, -0.15) is 5.10 Å². The minimum atomic E-state index is -0.627. The van der Waals surface area contributed by atoms with Gasteiger partial charge in [-0.05, 0) is 38.0 Å². The molecule has 0 radical (unpaired) electrons. The summed E-state index contributed by atoms with van der Waals surface area (Å²) in [5, 5.41) is 3.99. The predicted octanol–water partition coefficient (Wildman–Crippen LogP) is 2.45. The van der Waals surface area contributed by atoms with Crippen LogP contribution in [0.5, 0.6) is 5.75 Å². The largest absolute Gasteiger partial charge is 0.493 e. The number of benzene rings is 1. The van der Waals surface area contributed by atoms with Crippen molar-refractivity contribution in [2.75, 3.05) is 13.2 Å². The highest BCUT2D eigenvalue weighted by atomic mass is 19.1. The van der Waals surface area contributed by atoms with E-state index in [2.05, 4.69) is 10.5 Å². The van der Waals surface area contributed by atoms with Crippen LogP contribution in [0.3, 0.4) is 0 Å². The van der Waals surface area contributed by atoms with Crippen molar-refractivity contribution in [2.45, 2.75) is 19.8 Å². The number of hydrogen-bond donors (Lipinski definition) is 1. The number of halogens is 1. The van der Waals surface area contributed by atoms with Gasteiger partial charge in [-0.25, -0.2) is 14.6 Å². The second-order valence-electron chi connectivity index (χ2n) is 3.98. The molecule has 1 N–H and O–H groups in total. The van der Waals surface area contributed by atoms with E-state index in [0.29, 0.717) is 30.1 Å². The van der Waals surface area contributed by atoms with Gasteiger partial charge in [-0.1, -0.05) is 0 Å². The summed E-state index contributed by atoms with van der Waals surface area (Å²) < 4.78 is 23.5. The quantitative estimate of drug-likeness (QED) is 0.836. The SMILES string of the molecule is CCOC(=O)NN=C1CCCOc2ccc(F)cc21. The average Bonchev–Trinajstić information content (AvgIpc) is 2.59. The first-order valence-electron chi connectivity index (χ1n) is 6.12. The number of hydrazone groups is 1. The van der Waals surface area contributed by atoms with Crippen LogP contribution in [0.15, 0.2) is 23.3 Å². The maximum atomic E-state index is 13.3. The van der Waals surface area contributed by atoms with E-state index < -0.39 is 6.09 Å². The van der Waals surface area contributed by atoms with E-state index in [-0.39, 0.29) is 12.4 Å². The number of fused-ring (bicyclic) bond motifs is 1. The zero-order valence-corrected chi connectivity index (χ0v) is 10.6. The number of carbonyl (C=O) groups is 1. The van der Waals surface area contributed by atoms with Crippen molar-refractivity contribution in [3.63, 3.8) is 0 Å². The van der Waals surface area contributed by atoms with Crippen molar-refractivity contribution in [2.24, 2.45) is 5.10 Å². The molecule has 0 spiro atoms. The second-order valence-corrected chi connectivity index (χ2v) is 3.98. The Labute approximate surface area is 110 Å². The van der Waals surface area contributed by atoms with Crippen molar-refractivity contribution in [3.05, 3.63) is 29.6 Å². The first kappa shape index (κ1) is 13.3. The third kappa shape index (κ3) is 3.43. The first-order valence-corrected chi connectivity index (χ1v) is 6.12. The van der Waals surface area contributed by atoms with Gasteiger partial charge in [-0.3, -0.25) is 0 Å².